The van der Waals surface area contributed by atoms with Crippen LogP contribution in [0.2, 0.25) is 0 Å². The molecule has 0 unspecified atom stereocenters. The molecule has 0 atom stereocenters. The lowest BCUT2D eigenvalue weighted by Gasteiger charge is -1.91. The van der Waals surface area contributed by atoms with Gasteiger partial charge >= 0.3 is 0 Å². The Hall–Kier alpha value is -0.510. The van der Waals surface area contributed by atoms with Crippen LogP contribution in [0.25, 0.3) is 0 Å². The third-order valence-electron chi connectivity index (χ3n) is 0.550. The molecule has 0 fully saturated rings. The topological polar surface area (TPSA) is 60.2 Å². The molecule has 9 heavy (non-hydrogen) atoms. The van der Waals surface area contributed by atoms with Crippen molar-refractivity contribution in [2.24, 2.45) is 5.73 Å². The van der Waals surface area contributed by atoms with Crippen molar-refractivity contribution in [3.63, 3.8) is 0 Å². The summed E-state index contributed by atoms with van der Waals surface area (Å²) in [5.74, 6) is 0.310. The SMILES string of the molecule is CC(=O)CSCC(N)=O. The maximum absolute atomic E-state index is 10.3. The lowest BCUT2D eigenvalue weighted by atomic mass is 10.5. The minimum absolute atomic E-state index is 0.0706. The Morgan fingerprint density at radius 3 is 2.33 bits per heavy atom. The maximum atomic E-state index is 10.3. The van der Waals surface area contributed by atoms with Gasteiger partial charge in [-0.05, 0) is 6.92 Å². The normalized spacial score (nSPS) is 9.00. The Labute approximate surface area is 58.0 Å². The third kappa shape index (κ3) is 7.49. The molecule has 0 aromatic carbocycles. The quantitative estimate of drug-likeness (QED) is 0.598. The number of amides is 1. The summed E-state index contributed by atoms with van der Waals surface area (Å²) in [4.78, 5) is 20.3. The highest BCUT2D eigenvalue weighted by Gasteiger charge is 1.95. The fourth-order valence-electron chi connectivity index (χ4n) is 0.295. The van der Waals surface area contributed by atoms with Crippen LogP contribution in [0.3, 0.4) is 0 Å². The zero-order valence-electron chi connectivity index (χ0n) is 5.22. The number of primary amides is 1. The first kappa shape index (κ1) is 8.49. The van der Waals surface area contributed by atoms with E-state index >= 15 is 0 Å². The lowest BCUT2D eigenvalue weighted by Crippen LogP contribution is -2.14. The van der Waals surface area contributed by atoms with Gasteiger partial charge in [0, 0.05) is 0 Å². The molecule has 0 aliphatic heterocycles. The minimum atomic E-state index is -0.374. The van der Waals surface area contributed by atoms with Crippen LogP contribution in [-0.4, -0.2) is 23.2 Å². The average molecular weight is 147 g/mol. The molecular weight excluding hydrogens is 138 g/mol. The van der Waals surface area contributed by atoms with E-state index in [1.165, 1.54) is 18.7 Å². The summed E-state index contributed by atoms with van der Waals surface area (Å²) in [6.07, 6.45) is 0. The summed E-state index contributed by atoms with van der Waals surface area (Å²) >= 11 is 1.25. The number of ketones is 1. The Bertz CT molecular complexity index is 110. The van der Waals surface area contributed by atoms with Crippen molar-refractivity contribution in [1.29, 1.82) is 0 Å². The molecule has 0 heterocycles. The Balaban J connectivity index is 3.10. The predicted octanol–water partition coefficient (Wildman–Crippen LogP) is -0.206. The molecular formula is C5H9NO2S. The van der Waals surface area contributed by atoms with Crippen molar-refractivity contribution in [3.05, 3.63) is 0 Å². The summed E-state index contributed by atoms with van der Waals surface area (Å²) in [6, 6.07) is 0. The summed E-state index contributed by atoms with van der Waals surface area (Å²) in [5, 5.41) is 0. The second-order valence-electron chi connectivity index (χ2n) is 1.66. The zero-order chi connectivity index (χ0) is 7.28. The van der Waals surface area contributed by atoms with Gasteiger partial charge in [0.1, 0.15) is 5.78 Å². The van der Waals surface area contributed by atoms with E-state index in [0.29, 0.717) is 5.75 Å². The van der Waals surface area contributed by atoms with E-state index in [4.69, 9.17) is 5.73 Å². The first-order valence-corrected chi connectivity index (χ1v) is 3.64. The molecule has 3 nitrogen and oxygen atoms in total. The van der Waals surface area contributed by atoms with Crippen LogP contribution >= 0.6 is 11.8 Å². The highest BCUT2D eigenvalue weighted by atomic mass is 32.2. The van der Waals surface area contributed by atoms with Gasteiger partial charge < -0.3 is 5.73 Å². The average Bonchev–Trinajstić information content (AvgIpc) is 1.63. The molecule has 0 aliphatic rings. The van der Waals surface area contributed by atoms with Gasteiger partial charge in [0.15, 0.2) is 0 Å². The molecule has 0 rings (SSSR count). The number of carbonyl (C=O) groups excluding carboxylic acids is 2. The van der Waals surface area contributed by atoms with Crippen LogP contribution in [0.15, 0.2) is 0 Å². The number of thioether (sulfide) groups is 1. The molecule has 0 spiro atoms. The molecule has 2 N–H and O–H groups in total. The van der Waals surface area contributed by atoms with E-state index in [0.717, 1.165) is 0 Å². The number of hydrogen-bond donors (Lipinski definition) is 1. The zero-order valence-corrected chi connectivity index (χ0v) is 6.03. The molecule has 52 valence electrons. The van der Waals surface area contributed by atoms with E-state index < -0.39 is 0 Å². The monoisotopic (exact) mass is 147 g/mol. The first-order valence-electron chi connectivity index (χ1n) is 2.48. The Kier molecular flexibility index (Phi) is 4.13. The third-order valence-corrected chi connectivity index (χ3v) is 1.65. The van der Waals surface area contributed by atoms with Crippen LogP contribution in [0.5, 0.6) is 0 Å². The van der Waals surface area contributed by atoms with Crippen LogP contribution < -0.4 is 5.73 Å². The van der Waals surface area contributed by atoms with Gasteiger partial charge in [0.25, 0.3) is 0 Å². The molecule has 0 bridgehead atoms. The molecule has 0 aromatic heterocycles. The summed E-state index contributed by atoms with van der Waals surface area (Å²) in [5.41, 5.74) is 4.81. The number of carbonyl (C=O) groups is 2. The molecule has 0 saturated heterocycles. The van der Waals surface area contributed by atoms with Crippen molar-refractivity contribution < 1.29 is 9.59 Å². The van der Waals surface area contributed by atoms with Crippen molar-refractivity contribution >= 4 is 23.5 Å². The van der Waals surface area contributed by atoms with Gasteiger partial charge in [-0.15, -0.1) is 11.8 Å². The molecule has 0 aromatic rings. The second kappa shape index (κ2) is 4.38. The predicted molar refractivity (Wildman–Crippen MR) is 37.2 cm³/mol. The minimum Gasteiger partial charge on any atom is -0.369 e. The van der Waals surface area contributed by atoms with Crippen LogP contribution in [0.1, 0.15) is 6.92 Å². The highest BCUT2D eigenvalue weighted by molar-refractivity contribution is 8.00. The first-order chi connectivity index (χ1) is 4.13. The molecule has 0 saturated carbocycles. The van der Waals surface area contributed by atoms with Crippen molar-refractivity contribution in [1.82, 2.24) is 0 Å². The largest absolute Gasteiger partial charge is 0.369 e. The molecule has 1 amide bonds. The van der Waals surface area contributed by atoms with E-state index in [2.05, 4.69) is 0 Å². The lowest BCUT2D eigenvalue weighted by molar-refractivity contribution is -0.115. The summed E-state index contributed by atoms with van der Waals surface area (Å²) < 4.78 is 0. The highest BCUT2D eigenvalue weighted by Crippen LogP contribution is 1.97. The van der Waals surface area contributed by atoms with Crippen LogP contribution in [0.4, 0.5) is 0 Å². The van der Waals surface area contributed by atoms with Crippen molar-refractivity contribution in [3.8, 4) is 0 Å². The van der Waals surface area contributed by atoms with Gasteiger partial charge in [-0.25, -0.2) is 0 Å². The number of rotatable bonds is 4. The standard InChI is InChI=1S/C5H9NO2S/c1-4(7)2-9-3-5(6)8/h2-3H2,1H3,(H2,6,8). The molecule has 0 aliphatic carbocycles. The molecule has 0 radical (unpaired) electrons. The summed E-state index contributed by atoms with van der Waals surface area (Å²) in [7, 11) is 0. The van der Waals surface area contributed by atoms with E-state index in [-0.39, 0.29) is 17.4 Å². The molecule has 4 heteroatoms. The Morgan fingerprint density at radius 2 is 2.00 bits per heavy atom. The van der Waals surface area contributed by atoms with Crippen molar-refractivity contribution in [2.75, 3.05) is 11.5 Å². The number of Topliss-reactive ketones (excluding diaryl/α,β-unsaturated/α-hetero) is 1. The van der Waals surface area contributed by atoms with Gasteiger partial charge in [-0.3, -0.25) is 9.59 Å². The fraction of sp³-hybridized carbons (Fsp3) is 0.600. The number of hydrogen-bond acceptors (Lipinski definition) is 3. The van der Waals surface area contributed by atoms with Crippen molar-refractivity contribution in [2.45, 2.75) is 6.92 Å². The van der Waals surface area contributed by atoms with E-state index in [1.54, 1.807) is 0 Å². The fourth-order valence-corrected chi connectivity index (χ4v) is 0.886. The smallest absolute Gasteiger partial charge is 0.227 e. The van der Waals surface area contributed by atoms with Crippen LogP contribution in [0, 0.1) is 0 Å². The maximum Gasteiger partial charge on any atom is 0.227 e. The van der Waals surface area contributed by atoms with Gasteiger partial charge in [0.2, 0.25) is 5.91 Å². The van der Waals surface area contributed by atoms with E-state index in [9.17, 15) is 9.59 Å². The van der Waals surface area contributed by atoms with Crippen LogP contribution in [-0.2, 0) is 9.59 Å². The second-order valence-corrected chi connectivity index (χ2v) is 2.65. The van der Waals surface area contributed by atoms with Gasteiger partial charge in [-0.2, -0.15) is 0 Å². The van der Waals surface area contributed by atoms with Gasteiger partial charge in [0.05, 0.1) is 11.5 Å². The number of nitrogens with two attached hydrogens (primary N) is 1. The summed E-state index contributed by atoms with van der Waals surface area (Å²) in [6.45, 7) is 1.48. The Morgan fingerprint density at radius 1 is 1.44 bits per heavy atom. The van der Waals surface area contributed by atoms with Gasteiger partial charge in [-0.1, -0.05) is 0 Å². The van der Waals surface area contributed by atoms with E-state index in [1.807, 2.05) is 0 Å².